The van der Waals surface area contributed by atoms with Crippen LogP contribution in [0.25, 0.3) is 55.1 Å². The van der Waals surface area contributed by atoms with E-state index in [1.54, 1.807) is 0 Å². The first-order valence-corrected chi connectivity index (χ1v) is 19.0. The largest absolute Gasteiger partial charge is 0.491 e. The standard InChI is InChI=1S/C46H45N3O6/c1-2-4-39-33-40(14-7-34(39)3-1)49-21-23-50-25-27-52-29-31-54-41-15-8-35(9-16-41)43-19-12-37-5-6-38-13-20-44(48-46(38)45(37)47-43)36-10-17-42(18-11-36)55-32-30-53-28-26-51-24-22-49/h1-20,33H,21-32H2. The summed E-state index contributed by atoms with van der Waals surface area (Å²) in [6.07, 6.45) is 0. The maximum absolute atomic E-state index is 5.97. The molecular weight excluding hydrogens is 691 g/mol. The number of rotatable bonds is 1. The van der Waals surface area contributed by atoms with Crippen molar-refractivity contribution in [2.45, 2.75) is 0 Å². The number of anilines is 1. The van der Waals surface area contributed by atoms with Crippen LogP contribution in [-0.2, 0) is 18.9 Å². The average Bonchev–Trinajstić information content (AvgIpc) is 3.24. The van der Waals surface area contributed by atoms with Crippen LogP contribution in [0, 0.1) is 0 Å². The second kappa shape index (κ2) is 18.2. The predicted molar refractivity (Wildman–Crippen MR) is 218 cm³/mol. The molecule has 9 heteroatoms. The number of nitrogens with zero attached hydrogens (tertiary/aromatic N) is 3. The molecule has 0 radical (unpaired) electrons. The Bertz CT molecular complexity index is 2190. The van der Waals surface area contributed by atoms with E-state index in [4.69, 9.17) is 38.4 Å². The summed E-state index contributed by atoms with van der Waals surface area (Å²) in [6.45, 7) is 6.47. The number of pyridine rings is 2. The van der Waals surface area contributed by atoms with Crippen molar-refractivity contribution in [3.63, 3.8) is 0 Å². The summed E-state index contributed by atoms with van der Waals surface area (Å²) in [6, 6.07) is 43.5. The Kier molecular flexibility index (Phi) is 12.0. The topological polar surface area (TPSA) is 84.4 Å². The van der Waals surface area contributed by atoms with E-state index in [0.29, 0.717) is 66.1 Å². The molecule has 0 saturated heterocycles. The van der Waals surface area contributed by atoms with Crippen molar-refractivity contribution < 1.29 is 28.4 Å². The van der Waals surface area contributed by atoms with Crippen LogP contribution in [-0.4, -0.2) is 89.1 Å². The van der Waals surface area contributed by atoms with E-state index in [2.05, 4.69) is 83.8 Å². The minimum atomic E-state index is 0.449. The molecule has 7 aromatic rings. The fourth-order valence-corrected chi connectivity index (χ4v) is 6.71. The Morgan fingerprint density at radius 2 is 0.818 bits per heavy atom. The van der Waals surface area contributed by atoms with Gasteiger partial charge in [-0.25, -0.2) is 9.97 Å². The average molecular weight is 736 g/mol. The van der Waals surface area contributed by atoms with Crippen molar-refractivity contribution in [1.29, 1.82) is 0 Å². The first-order chi connectivity index (χ1) is 27.3. The lowest BCUT2D eigenvalue weighted by Gasteiger charge is -2.25. The van der Waals surface area contributed by atoms with E-state index in [1.807, 2.05) is 48.5 Å². The minimum Gasteiger partial charge on any atom is -0.491 e. The van der Waals surface area contributed by atoms with Gasteiger partial charge >= 0.3 is 0 Å². The molecule has 55 heavy (non-hydrogen) atoms. The molecule has 3 aliphatic rings. The van der Waals surface area contributed by atoms with Gasteiger partial charge < -0.3 is 33.3 Å². The van der Waals surface area contributed by atoms with E-state index < -0.39 is 0 Å². The number of benzene rings is 5. The highest BCUT2D eigenvalue weighted by atomic mass is 16.5. The second-order valence-corrected chi connectivity index (χ2v) is 13.3. The Morgan fingerprint density at radius 1 is 0.382 bits per heavy atom. The van der Waals surface area contributed by atoms with Gasteiger partial charge in [-0.15, -0.1) is 0 Å². The zero-order chi connectivity index (χ0) is 37.1. The van der Waals surface area contributed by atoms with Gasteiger partial charge in [0.05, 0.1) is 75.3 Å². The molecule has 8 bridgehead atoms. The summed E-state index contributed by atoms with van der Waals surface area (Å²) in [5.74, 6) is 1.56. The highest BCUT2D eigenvalue weighted by molar-refractivity contribution is 6.04. The number of hydrogen-bond donors (Lipinski definition) is 0. The summed E-state index contributed by atoms with van der Waals surface area (Å²) >= 11 is 0. The van der Waals surface area contributed by atoms with E-state index in [-0.39, 0.29) is 0 Å². The maximum Gasteiger partial charge on any atom is 0.119 e. The van der Waals surface area contributed by atoms with Crippen molar-refractivity contribution in [2.24, 2.45) is 0 Å². The van der Waals surface area contributed by atoms with Crippen molar-refractivity contribution in [1.82, 2.24) is 9.97 Å². The van der Waals surface area contributed by atoms with Gasteiger partial charge in [-0.1, -0.05) is 54.6 Å². The zero-order valence-corrected chi connectivity index (χ0v) is 30.9. The molecule has 5 heterocycles. The van der Waals surface area contributed by atoms with Gasteiger partial charge in [0.25, 0.3) is 0 Å². The van der Waals surface area contributed by atoms with Gasteiger partial charge in [0, 0.05) is 40.7 Å². The van der Waals surface area contributed by atoms with E-state index in [9.17, 15) is 0 Å². The Morgan fingerprint density at radius 3 is 1.35 bits per heavy atom. The second-order valence-electron chi connectivity index (χ2n) is 13.3. The fourth-order valence-electron chi connectivity index (χ4n) is 6.71. The molecule has 5 aromatic carbocycles. The first kappa shape index (κ1) is 36.4. The van der Waals surface area contributed by atoms with Gasteiger partial charge in [0.15, 0.2) is 0 Å². The molecule has 9 nitrogen and oxygen atoms in total. The van der Waals surface area contributed by atoms with Crippen LogP contribution in [0.3, 0.4) is 0 Å². The first-order valence-electron chi connectivity index (χ1n) is 19.0. The third-order valence-electron chi connectivity index (χ3n) is 9.67. The molecule has 0 fully saturated rings. The van der Waals surface area contributed by atoms with Crippen LogP contribution in [0.15, 0.2) is 127 Å². The van der Waals surface area contributed by atoms with Crippen LogP contribution in [0.4, 0.5) is 5.69 Å². The Hall–Kier alpha value is -5.58. The van der Waals surface area contributed by atoms with Crippen molar-refractivity contribution >= 4 is 38.3 Å². The summed E-state index contributed by atoms with van der Waals surface area (Å²) in [5, 5.41) is 4.51. The molecule has 0 unspecified atom stereocenters. The smallest absolute Gasteiger partial charge is 0.119 e. The van der Waals surface area contributed by atoms with Crippen LogP contribution < -0.4 is 14.4 Å². The number of ether oxygens (including phenoxy) is 6. The molecule has 0 N–H and O–H groups in total. The number of hydrogen-bond acceptors (Lipinski definition) is 9. The third-order valence-corrected chi connectivity index (χ3v) is 9.67. The van der Waals surface area contributed by atoms with Crippen molar-refractivity contribution in [2.75, 3.05) is 84.1 Å². The van der Waals surface area contributed by atoms with E-state index in [0.717, 1.165) is 74.6 Å². The molecule has 0 aliphatic carbocycles. The molecule has 0 saturated carbocycles. The molecule has 280 valence electrons. The van der Waals surface area contributed by atoms with Gasteiger partial charge in [-0.3, -0.25) is 0 Å². The van der Waals surface area contributed by atoms with E-state index in [1.165, 1.54) is 10.8 Å². The SMILES string of the molecule is c1ccc2cc(N3CCOCCOCCOc4ccc(cc4)-c4ccc5ccc6ccc(nc6c5n4)-c4ccc(cc4)OCCOCCOCC3)ccc2c1. The van der Waals surface area contributed by atoms with Gasteiger partial charge in [0.2, 0.25) is 0 Å². The fraction of sp³-hybridized carbons (Fsp3) is 0.261. The predicted octanol–water partition coefficient (Wildman–Crippen LogP) is 8.61. The van der Waals surface area contributed by atoms with Crippen LogP contribution in [0.1, 0.15) is 0 Å². The van der Waals surface area contributed by atoms with Crippen LogP contribution in [0.2, 0.25) is 0 Å². The Labute approximate surface area is 321 Å². The quantitative estimate of drug-likeness (QED) is 0.154. The molecule has 0 amide bonds. The van der Waals surface area contributed by atoms with Crippen LogP contribution in [0.5, 0.6) is 11.5 Å². The molecule has 0 atom stereocenters. The highest BCUT2D eigenvalue weighted by Crippen LogP contribution is 2.30. The van der Waals surface area contributed by atoms with Crippen LogP contribution >= 0.6 is 0 Å². The molecule has 10 rings (SSSR count). The number of aromatic nitrogens is 2. The highest BCUT2D eigenvalue weighted by Gasteiger charge is 2.11. The molecule has 3 aliphatic heterocycles. The summed E-state index contributed by atoms with van der Waals surface area (Å²) in [5.41, 5.74) is 6.64. The normalized spacial score (nSPS) is 15.8. The summed E-state index contributed by atoms with van der Waals surface area (Å²) < 4.78 is 35.5. The van der Waals surface area contributed by atoms with Gasteiger partial charge in [-0.05, 0) is 83.6 Å². The molecule has 2 aromatic heterocycles. The lowest BCUT2D eigenvalue weighted by molar-refractivity contribution is 0.0347. The van der Waals surface area contributed by atoms with Crippen molar-refractivity contribution in [3.8, 4) is 34.0 Å². The monoisotopic (exact) mass is 735 g/mol. The lowest BCUT2D eigenvalue weighted by atomic mass is 10.1. The minimum absolute atomic E-state index is 0.449. The lowest BCUT2D eigenvalue weighted by Crippen LogP contribution is -2.31. The van der Waals surface area contributed by atoms with E-state index >= 15 is 0 Å². The third kappa shape index (κ3) is 9.39. The summed E-state index contributed by atoms with van der Waals surface area (Å²) in [7, 11) is 0. The summed E-state index contributed by atoms with van der Waals surface area (Å²) in [4.78, 5) is 12.5. The number of fused-ring (bicyclic) bond motifs is 3. The van der Waals surface area contributed by atoms with Crippen molar-refractivity contribution in [3.05, 3.63) is 127 Å². The zero-order valence-electron chi connectivity index (χ0n) is 30.9. The van der Waals surface area contributed by atoms with Gasteiger partial charge in [0.1, 0.15) is 24.7 Å². The van der Waals surface area contributed by atoms with Gasteiger partial charge in [-0.2, -0.15) is 0 Å². The molecular formula is C46H45N3O6. The Balaban J connectivity index is 0.943. The molecule has 0 spiro atoms. The maximum atomic E-state index is 5.97.